The van der Waals surface area contributed by atoms with Crippen LogP contribution >= 0.6 is 22.9 Å². The molecule has 1 amide bonds. The lowest BCUT2D eigenvalue weighted by atomic mass is 10.3. The van der Waals surface area contributed by atoms with Gasteiger partial charge in [-0.1, -0.05) is 11.6 Å². The van der Waals surface area contributed by atoms with E-state index in [-0.39, 0.29) is 19.1 Å². The molecule has 2 N–H and O–H groups in total. The number of aliphatic hydroxyl groups excluding tert-OH is 1. The molecule has 6 heteroatoms. The third-order valence-electron chi connectivity index (χ3n) is 2.03. The predicted molar refractivity (Wildman–Crippen MR) is 64.3 cm³/mol. The van der Waals surface area contributed by atoms with Crippen LogP contribution in [0.25, 0.3) is 0 Å². The van der Waals surface area contributed by atoms with Gasteiger partial charge in [-0.25, -0.2) is 0 Å². The third kappa shape index (κ3) is 3.18. The minimum absolute atomic E-state index is 0.165. The van der Waals surface area contributed by atoms with Crippen LogP contribution in [0.15, 0.2) is 5.38 Å². The molecule has 0 saturated carbocycles. The summed E-state index contributed by atoms with van der Waals surface area (Å²) in [6.45, 7) is 1.94. The molecule has 1 unspecified atom stereocenters. The van der Waals surface area contributed by atoms with E-state index in [2.05, 4.69) is 5.32 Å². The molecule has 0 aromatic carbocycles. The minimum Gasteiger partial charge on any atom is -0.394 e. The summed E-state index contributed by atoms with van der Waals surface area (Å²) in [4.78, 5) is 12.2. The number of aryl methyl sites for hydroxylation is 1. The molecule has 1 atom stereocenters. The molecule has 1 heterocycles. The van der Waals surface area contributed by atoms with Crippen LogP contribution in [0.1, 0.15) is 15.2 Å². The average Bonchev–Trinajstić information content (AvgIpc) is 2.59. The van der Waals surface area contributed by atoms with Crippen LogP contribution in [0, 0.1) is 6.92 Å². The van der Waals surface area contributed by atoms with Crippen LogP contribution < -0.4 is 5.32 Å². The Kier molecular flexibility index (Phi) is 5.21. The molecule has 0 aliphatic carbocycles. The van der Waals surface area contributed by atoms with Gasteiger partial charge in [0, 0.05) is 7.11 Å². The highest BCUT2D eigenvalue weighted by molar-refractivity contribution is 7.13. The first-order valence-electron chi connectivity index (χ1n) is 4.74. The van der Waals surface area contributed by atoms with Gasteiger partial charge in [-0.05, 0) is 17.9 Å². The van der Waals surface area contributed by atoms with Gasteiger partial charge < -0.3 is 15.2 Å². The lowest BCUT2D eigenvalue weighted by Crippen LogP contribution is -2.40. The van der Waals surface area contributed by atoms with Crippen LogP contribution in [0.2, 0.25) is 5.02 Å². The van der Waals surface area contributed by atoms with Gasteiger partial charge in [-0.3, -0.25) is 4.79 Å². The summed E-state index contributed by atoms with van der Waals surface area (Å²) in [7, 11) is 1.51. The van der Waals surface area contributed by atoms with Crippen molar-refractivity contribution in [2.75, 3.05) is 20.3 Å². The van der Waals surface area contributed by atoms with Crippen molar-refractivity contribution in [3.63, 3.8) is 0 Å². The van der Waals surface area contributed by atoms with E-state index < -0.39 is 6.04 Å². The summed E-state index contributed by atoms with van der Waals surface area (Å²) in [6.07, 6.45) is 0. The molecule has 90 valence electrons. The molecule has 0 saturated heterocycles. The highest BCUT2D eigenvalue weighted by Crippen LogP contribution is 2.26. The predicted octanol–water partition coefficient (Wildman–Crippen LogP) is 1.45. The molecule has 1 aromatic heterocycles. The van der Waals surface area contributed by atoms with Crippen LogP contribution in [-0.2, 0) is 4.74 Å². The zero-order valence-corrected chi connectivity index (χ0v) is 10.7. The van der Waals surface area contributed by atoms with Crippen molar-refractivity contribution in [2.45, 2.75) is 13.0 Å². The van der Waals surface area contributed by atoms with Gasteiger partial charge in [-0.2, -0.15) is 0 Å². The number of aliphatic hydroxyl groups is 1. The number of amides is 1. The summed E-state index contributed by atoms with van der Waals surface area (Å²) in [5.41, 5.74) is 0.879. The highest BCUT2D eigenvalue weighted by Gasteiger charge is 2.17. The SMILES string of the molecule is COCC(CO)NC(=O)c1scc(C)c1Cl. The molecule has 0 radical (unpaired) electrons. The van der Waals surface area contributed by atoms with Crippen LogP contribution in [0.3, 0.4) is 0 Å². The number of ether oxygens (including phenoxy) is 1. The maximum absolute atomic E-state index is 11.8. The van der Waals surface area contributed by atoms with Gasteiger partial charge >= 0.3 is 0 Å². The minimum atomic E-state index is -0.407. The van der Waals surface area contributed by atoms with Gasteiger partial charge in [0.25, 0.3) is 5.91 Å². The van der Waals surface area contributed by atoms with E-state index in [4.69, 9.17) is 21.4 Å². The number of hydrogen-bond acceptors (Lipinski definition) is 4. The molecule has 0 fully saturated rings. The molecular formula is C10H14ClNO3S. The number of rotatable bonds is 5. The summed E-state index contributed by atoms with van der Waals surface area (Å²) < 4.78 is 4.86. The summed E-state index contributed by atoms with van der Waals surface area (Å²) in [5, 5.41) is 13.9. The number of thiophene rings is 1. The number of halogens is 1. The maximum atomic E-state index is 11.8. The normalized spacial score (nSPS) is 12.5. The van der Waals surface area contributed by atoms with Gasteiger partial charge in [0.2, 0.25) is 0 Å². The molecular weight excluding hydrogens is 250 g/mol. The number of carbonyl (C=O) groups is 1. The molecule has 1 aromatic rings. The van der Waals surface area contributed by atoms with E-state index >= 15 is 0 Å². The Morgan fingerprint density at radius 1 is 1.75 bits per heavy atom. The Bertz CT molecular complexity index is 367. The number of carbonyl (C=O) groups excluding carboxylic acids is 1. The molecule has 16 heavy (non-hydrogen) atoms. The molecule has 4 nitrogen and oxygen atoms in total. The van der Waals surface area contributed by atoms with Crippen LogP contribution in [-0.4, -0.2) is 37.4 Å². The van der Waals surface area contributed by atoms with E-state index in [0.29, 0.717) is 9.90 Å². The van der Waals surface area contributed by atoms with Gasteiger partial charge in [-0.15, -0.1) is 11.3 Å². The first kappa shape index (κ1) is 13.4. The Morgan fingerprint density at radius 2 is 2.44 bits per heavy atom. The van der Waals surface area contributed by atoms with Gasteiger partial charge in [0.1, 0.15) is 4.88 Å². The second kappa shape index (κ2) is 6.20. The van der Waals surface area contributed by atoms with E-state index in [1.165, 1.54) is 18.4 Å². The standard InChI is InChI=1S/C10H14ClNO3S/c1-6-5-16-9(8(6)11)10(14)12-7(3-13)4-15-2/h5,7,13H,3-4H2,1-2H3,(H,12,14). The average molecular weight is 264 g/mol. The Hall–Kier alpha value is -0.620. The second-order valence-electron chi connectivity index (χ2n) is 3.37. The molecule has 0 aliphatic rings. The van der Waals surface area contributed by atoms with Crippen LogP contribution in [0.5, 0.6) is 0 Å². The first-order chi connectivity index (χ1) is 7.60. The fraction of sp³-hybridized carbons (Fsp3) is 0.500. The fourth-order valence-electron chi connectivity index (χ4n) is 1.18. The largest absolute Gasteiger partial charge is 0.394 e. The lowest BCUT2D eigenvalue weighted by Gasteiger charge is -2.14. The van der Waals surface area contributed by atoms with Gasteiger partial charge in [0.15, 0.2) is 0 Å². The molecule has 0 bridgehead atoms. The van der Waals surface area contributed by atoms with Crippen molar-refractivity contribution in [2.24, 2.45) is 0 Å². The molecule has 0 aliphatic heterocycles. The van der Waals surface area contributed by atoms with Crippen molar-refractivity contribution in [3.8, 4) is 0 Å². The number of methoxy groups -OCH3 is 1. The number of hydrogen-bond donors (Lipinski definition) is 2. The molecule has 0 spiro atoms. The summed E-state index contributed by atoms with van der Waals surface area (Å²) in [6, 6.07) is -0.407. The number of nitrogens with one attached hydrogen (secondary N) is 1. The second-order valence-corrected chi connectivity index (χ2v) is 4.63. The van der Waals surface area contributed by atoms with Crippen molar-refractivity contribution in [1.82, 2.24) is 5.32 Å². The van der Waals surface area contributed by atoms with Gasteiger partial charge in [0.05, 0.1) is 24.3 Å². The van der Waals surface area contributed by atoms with E-state index in [1.54, 1.807) is 0 Å². The maximum Gasteiger partial charge on any atom is 0.263 e. The van der Waals surface area contributed by atoms with Crippen molar-refractivity contribution in [1.29, 1.82) is 0 Å². The monoisotopic (exact) mass is 263 g/mol. The zero-order chi connectivity index (χ0) is 12.1. The van der Waals surface area contributed by atoms with E-state index in [9.17, 15) is 4.79 Å². The zero-order valence-electron chi connectivity index (χ0n) is 9.12. The lowest BCUT2D eigenvalue weighted by molar-refractivity contribution is 0.0843. The Labute approximate surface area is 103 Å². The highest BCUT2D eigenvalue weighted by atomic mass is 35.5. The van der Waals surface area contributed by atoms with Crippen molar-refractivity contribution < 1.29 is 14.6 Å². The smallest absolute Gasteiger partial charge is 0.263 e. The molecule has 1 rings (SSSR count). The Balaban J connectivity index is 2.68. The Morgan fingerprint density at radius 3 is 2.88 bits per heavy atom. The summed E-state index contributed by atoms with van der Waals surface area (Å²) >= 11 is 7.25. The van der Waals surface area contributed by atoms with E-state index in [1.807, 2.05) is 12.3 Å². The fourth-order valence-corrected chi connectivity index (χ4v) is 2.36. The summed E-state index contributed by atoms with van der Waals surface area (Å²) in [5.74, 6) is -0.279. The van der Waals surface area contributed by atoms with Crippen LogP contribution in [0.4, 0.5) is 0 Å². The van der Waals surface area contributed by atoms with Crippen molar-refractivity contribution >= 4 is 28.8 Å². The quantitative estimate of drug-likeness (QED) is 0.845. The van der Waals surface area contributed by atoms with Crippen molar-refractivity contribution in [3.05, 3.63) is 20.8 Å². The first-order valence-corrected chi connectivity index (χ1v) is 6.00. The van der Waals surface area contributed by atoms with E-state index in [0.717, 1.165) is 5.56 Å². The topological polar surface area (TPSA) is 58.6 Å². The third-order valence-corrected chi connectivity index (χ3v) is 3.72.